The second-order valence-corrected chi connectivity index (χ2v) is 7.88. The highest BCUT2D eigenvalue weighted by atomic mass is 32.2. The number of amides is 1. The summed E-state index contributed by atoms with van der Waals surface area (Å²) in [5.41, 5.74) is 1.12. The summed E-state index contributed by atoms with van der Waals surface area (Å²) in [6.45, 7) is 5.23. The molecule has 1 unspecified atom stereocenters. The van der Waals surface area contributed by atoms with Gasteiger partial charge < -0.3 is 9.64 Å². The Hall–Kier alpha value is -1.97. The van der Waals surface area contributed by atoms with Crippen molar-refractivity contribution in [3.63, 3.8) is 0 Å². The van der Waals surface area contributed by atoms with Gasteiger partial charge >= 0.3 is 0 Å². The molecule has 1 saturated heterocycles. The highest BCUT2D eigenvalue weighted by Gasteiger charge is 2.25. The lowest BCUT2D eigenvalue weighted by atomic mass is 10.1. The number of carbonyl (C=O) groups excluding carboxylic acids is 1. The molecule has 0 N–H and O–H groups in total. The molecule has 9 heteroatoms. The molecular weight excluding hydrogens is 362 g/mol. The van der Waals surface area contributed by atoms with Crippen LogP contribution in [0.5, 0.6) is 0 Å². The van der Waals surface area contributed by atoms with E-state index in [9.17, 15) is 14.9 Å². The number of nitrogens with zero attached hydrogens (tertiary/aromatic N) is 3. The minimum atomic E-state index is -0.457. The number of ether oxygens (including phenoxy) is 1. The minimum Gasteiger partial charge on any atom is -0.375 e. The normalized spacial score (nSPS) is 17.5. The molecule has 0 spiro atoms. The van der Waals surface area contributed by atoms with Crippen LogP contribution in [0.3, 0.4) is 0 Å². The number of aryl methyl sites for hydroxylation is 1. The van der Waals surface area contributed by atoms with Gasteiger partial charge in [0.1, 0.15) is 0 Å². The number of nitro groups is 1. The average Bonchev–Trinajstić information content (AvgIpc) is 2.99. The van der Waals surface area contributed by atoms with Gasteiger partial charge in [-0.2, -0.15) is 0 Å². The van der Waals surface area contributed by atoms with Crippen molar-refractivity contribution in [2.24, 2.45) is 0 Å². The van der Waals surface area contributed by atoms with Crippen LogP contribution in [-0.4, -0.2) is 46.5 Å². The maximum absolute atomic E-state index is 12.6. The second-order valence-electron chi connectivity index (χ2n) is 5.73. The van der Waals surface area contributed by atoms with Gasteiger partial charge in [-0.1, -0.05) is 11.8 Å². The number of morpholine rings is 1. The van der Waals surface area contributed by atoms with E-state index in [2.05, 4.69) is 4.98 Å². The molecule has 2 aromatic rings. The number of thiazole rings is 1. The van der Waals surface area contributed by atoms with Crippen molar-refractivity contribution in [1.82, 2.24) is 9.88 Å². The zero-order valence-electron chi connectivity index (χ0n) is 13.8. The van der Waals surface area contributed by atoms with Crippen LogP contribution in [0.25, 0.3) is 0 Å². The molecule has 1 aromatic carbocycles. The summed E-state index contributed by atoms with van der Waals surface area (Å²) >= 11 is 2.68. The van der Waals surface area contributed by atoms with Gasteiger partial charge in [0.25, 0.3) is 11.6 Å². The van der Waals surface area contributed by atoms with Crippen LogP contribution in [0.15, 0.2) is 32.8 Å². The molecule has 1 aliphatic rings. The van der Waals surface area contributed by atoms with Gasteiger partial charge in [-0.25, -0.2) is 4.98 Å². The van der Waals surface area contributed by atoms with Crippen LogP contribution >= 0.6 is 23.1 Å². The third kappa shape index (κ3) is 4.17. The molecule has 0 aliphatic carbocycles. The maximum Gasteiger partial charge on any atom is 0.284 e. The van der Waals surface area contributed by atoms with E-state index in [0.717, 1.165) is 10.0 Å². The highest BCUT2D eigenvalue weighted by molar-refractivity contribution is 8.01. The summed E-state index contributed by atoms with van der Waals surface area (Å²) < 4.78 is 6.17. The van der Waals surface area contributed by atoms with Crippen molar-refractivity contribution in [2.75, 3.05) is 19.7 Å². The Morgan fingerprint density at radius 1 is 1.52 bits per heavy atom. The van der Waals surface area contributed by atoms with Gasteiger partial charge in [-0.05, 0) is 26.0 Å². The van der Waals surface area contributed by atoms with Crippen LogP contribution in [0, 0.1) is 17.0 Å². The molecule has 3 rings (SSSR count). The molecule has 1 aromatic heterocycles. The maximum atomic E-state index is 12.6. The van der Waals surface area contributed by atoms with Crippen LogP contribution in [0.4, 0.5) is 5.69 Å². The first kappa shape index (κ1) is 17.8. The molecule has 1 fully saturated rings. The summed E-state index contributed by atoms with van der Waals surface area (Å²) in [6, 6.07) is 4.61. The van der Waals surface area contributed by atoms with E-state index in [1.54, 1.807) is 17.0 Å². The standard InChI is InChI=1S/C16H17N3O4S2/c1-10-9-24-16(17-10)25-14-4-3-12(7-13(14)19(21)22)15(20)18-5-6-23-11(2)8-18/h3-4,7,9,11H,5-6,8H2,1-2H3. The first-order chi connectivity index (χ1) is 11.9. The fourth-order valence-corrected chi connectivity index (χ4v) is 4.42. The lowest BCUT2D eigenvalue weighted by molar-refractivity contribution is -0.387. The van der Waals surface area contributed by atoms with Crippen LogP contribution in [0.1, 0.15) is 23.0 Å². The predicted octanol–water partition coefficient (Wildman–Crippen LogP) is 3.37. The van der Waals surface area contributed by atoms with Crippen molar-refractivity contribution in [3.05, 3.63) is 45.0 Å². The molecule has 7 nitrogen and oxygen atoms in total. The second kappa shape index (κ2) is 7.51. The van der Waals surface area contributed by atoms with Gasteiger partial charge in [0, 0.05) is 35.8 Å². The zero-order chi connectivity index (χ0) is 18.0. The van der Waals surface area contributed by atoms with Crippen molar-refractivity contribution in [1.29, 1.82) is 0 Å². The van der Waals surface area contributed by atoms with Gasteiger partial charge in [-0.15, -0.1) is 11.3 Å². The van der Waals surface area contributed by atoms with E-state index < -0.39 is 4.92 Å². The topological polar surface area (TPSA) is 85.6 Å². The summed E-state index contributed by atoms with van der Waals surface area (Å²) in [4.78, 5) is 30.1. The molecular formula is C16H17N3O4S2. The van der Waals surface area contributed by atoms with Gasteiger partial charge in [-0.3, -0.25) is 14.9 Å². The van der Waals surface area contributed by atoms with Crippen molar-refractivity contribution < 1.29 is 14.5 Å². The fourth-order valence-electron chi connectivity index (χ4n) is 2.54. The Labute approximate surface area is 153 Å². The quantitative estimate of drug-likeness (QED) is 0.598. The summed E-state index contributed by atoms with van der Waals surface area (Å²) in [5, 5.41) is 13.3. The number of hydrogen-bond acceptors (Lipinski definition) is 7. The van der Waals surface area contributed by atoms with Crippen LogP contribution in [0.2, 0.25) is 0 Å². The van der Waals surface area contributed by atoms with E-state index in [4.69, 9.17) is 4.74 Å². The monoisotopic (exact) mass is 379 g/mol. The summed E-state index contributed by atoms with van der Waals surface area (Å²) in [7, 11) is 0. The lowest BCUT2D eigenvalue weighted by Crippen LogP contribution is -2.44. The van der Waals surface area contributed by atoms with Crippen LogP contribution < -0.4 is 0 Å². The first-order valence-corrected chi connectivity index (χ1v) is 9.43. The molecule has 2 heterocycles. The number of rotatable bonds is 4. The summed E-state index contributed by atoms with van der Waals surface area (Å²) in [6.07, 6.45) is -0.0318. The molecule has 0 bridgehead atoms. The Morgan fingerprint density at radius 2 is 2.32 bits per heavy atom. The Morgan fingerprint density at radius 3 is 2.96 bits per heavy atom. The van der Waals surface area contributed by atoms with E-state index >= 15 is 0 Å². The fraction of sp³-hybridized carbons (Fsp3) is 0.375. The molecule has 0 saturated carbocycles. The number of carbonyl (C=O) groups is 1. The average molecular weight is 379 g/mol. The van der Waals surface area contributed by atoms with Gasteiger partial charge in [0.2, 0.25) is 0 Å². The number of nitro benzene ring substituents is 1. The molecule has 1 amide bonds. The Kier molecular flexibility index (Phi) is 5.36. The SMILES string of the molecule is Cc1csc(Sc2ccc(C(=O)N3CCOC(C)C3)cc2[N+](=O)[O-])n1. The van der Waals surface area contributed by atoms with E-state index in [1.165, 1.54) is 29.2 Å². The summed E-state index contributed by atoms with van der Waals surface area (Å²) in [5.74, 6) is -0.208. The largest absolute Gasteiger partial charge is 0.375 e. The highest BCUT2D eigenvalue weighted by Crippen LogP contribution is 2.37. The van der Waals surface area contributed by atoms with Crippen molar-refractivity contribution in [3.8, 4) is 0 Å². The van der Waals surface area contributed by atoms with Gasteiger partial charge in [0.15, 0.2) is 4.34 Å². The molecule has 0 radical (unpaired) electrons. The number of aromatic nitrogens is 1. The zero-order valence-corrected chi connectivity index (χ0v) is 15.4. The van der Waals surface area contributed by atoms with Crippen LogP contribution in [-0.2, 0) is 4.74 Å². The number of hydrogen-bond donors (Lipinski definition) is 0. The number of benzene rings is 1. The third-order valence-corrected chi connectivity index (χ3v) is 5.85. The Bertz CT molecular complexity index is 808. The Balaban J connectivity index is 1.85. The first-order valence-electron chi connectivity index (χ1n) is 7.73. The molecule has 132 valence electrons. The van der Waals surface area contributed by atoms with E-state index in [-0.39, 0.29) is 17.7 Å². The van der Waals surface area contributed by atoms with Crippen molar-refractivity contribution >= 4 is 34.7 Å². The minimum absolute atomic E-state index is 0.0318. The molecule has 25 heavy (non-hydrogen) atoms. The van der Waals surface area contributed by atoms with Gasteiger partial charge in [0.05, 0.1) is 22.5 Å². The van der Waals surface area contributed by atoms with Crippen molar-refractivity contribution in [2.45, 2.75) is 29.2 Å². The molecule has 1 aliphatic heterocycles. The van der Waals surface area contributed by atoms with E-state index in [0.29, 0.717) is 30.2 Å². The lowest BCUT2D eigenvalue weighted by Gasteiger charge is -2.31. The predicted molar refractivity (Wildman–Crippen MR) is 95.4 cm³/mol. The third-order valence-electron chi connectivity index (χ3n) is 3.73. The molecule has 1 atom stereocenters. The van der Waals surface area contributed by atoms with E-state index in [1.807, 2.05) is 19.2 Å². The smallest absolute Gasteiger partial charge is 0.284 e.